The second-order valence-electron chi connectivity index (χ2n) is 5.71. The van der Waals surface area contributed by atoms with Crippen molar-refractivity contribution in [2.24, 2.45) is 0 Å². The highest BCUT2D eigenvalue weighted by atomic mass is 29.2. The monoisotopic (exact) mass is 272 g/mol. The van der Waals surface area contributed by atoms with Crippen LogP contribution in [0.4, 0.5) is 0 Å². The van der Waals surface area contributed by atoms with E-state index >= 15 is 0 Å². The molecule has 0 spiro atoms. The van der Waals surface area contributed by atoms with Crippen LogP contribution in [0.25, 0.3) is 0 Å². The Balaban J connectivity index is 3.60. The molecule has 0 aromatic rings. The maximum Gasteiger partial charge on any atom is 0.0241 e. The number of rotatable bonds is 13. The summed E-state index contributed by atoms with van der Waals surface area (Å²) in [5.74, 6) is 0. The van der Waals surface area contributed by atoms with Crippen molar-refractivity contribution in [1.29, 1.82) is 0 Å². The van der Waals surface area contributed by atoms with Gasteiger partial charge in [0.05, 0.1) is 0 Å². The summed E-state index contributed by atoms with van der Waals surface area (Å²) in [6.07, 6.45) is 13.4. The van der Waals surface area contributed by atoms with Gasteiger partial charge in [0.15, 0.2) is 0 Å². The smallest absolute Gasteiger partial charge is 0.0241 e. The third-order valence-corrected chi connectivity index (χ3v) is 14.2. The van der Waals surface area contributed by atoms with Crippen LogP contribution >= 0.6 is 0 Å². The van der Waals surface area contributed by atoms with Crippen molar-refractivity contribution >= 4 is 17.4 Å². The quantitative estimate of drug-likeness (QED) is 0.331. The highest BCUT2D eigenvalue weighted by Gasteiger charge is 2.10. The Hall–Kier alpha value is 0.434. The molecule has 0 fully saturated rings. The third kappa shape index (κ3) is 12.7. The van der Waals surface area contributed by atoms with Gasteiger partial charge in [0.1, 0.15) is 0 Å². The molecular formula is C15H36Si2. The Kier molecular flexibility index (Phi) is 14.9. The van der Waals surface area contributed by atoms with Crippen LogP contribution in [0, 0.1) is 0 Å². The molecule has 0 aliphatic carbocycles. The van der Waals surface area contributed by atoms with E-state index < -0.39 is 0 Å². The molecular weight excluding hydrogens is 236 g/mol. The molecule has 0 aromatic heterocycles. The van der Waals surface area contributed by atoms with Crippen molar-refractivity contribution in [2.75, 3.05) is 0 Å². The van der Waals surface area contributed by atoms with Crippen molar-refractivity contribution < 1.29 is 0 Å². The highest BCUT2D eigenvalue weighted by molar-refractivity contribution is 7.12. The SMILES string of the molecule is CCCCC[SiH2][SiH](CCCCC)CCCCC. The number of hydrogen-bond acceptors (Lipinski definition) is 0. The van der Waals surface area contributed by atoms with Crippen LogP contribution in [0.2, 0.25) is 18.1 Å². The van der Waals surface area contributed by atoms with Gasteiger partial charge in [-0.2, -0.15) is 0 Å². The predicted molar refractivity (Wildman–Crippen MR) is 88.7 cm³/mol. The van der Waals surface area contributed by atoms with Crippen LogP contribution in [-0.2, 0) is 0 Å². The fourth-order valence-electron chi connectivity index (χ4n) is 2.66. The molecule has 0 aromatic carbocycles. The largest absolute Gasteiger partial charge is 0.0654 e. The molecule has 0 nitrogen and oxygen atoms in total. The summed E-state index contributed by atoms with van der Waals surface area (Å²) in [6.45, 7) is 7.01. The van der Waals surface area contributed by atoms with E-state index in [1.54, 1.807) is 37.4 Å². The molecule has 0 bridgehead atoms. The van der Waals surface area contributed by atoms with E-state index in [2.05, 4.69) is 20.8 Å². The maximum atomic E-state index is 2.34. The van der Waals surface area contributed by atoms with Crippen LogP contribution < -0.4 is 0 Å². The normalized spacial score (nSPS) is 12.0. The first-order valence-corrected chi connectivity index (χ1v) is 14.2. The zero-order chi connectivity index (χ0) is 12.8. The van der Waals surface area contributed by atoms with Crippen LogP contribution in [-0.4, -0.2) is 17.4 Å². The predicted octanol–water partition coefficient (Wildman–Crippen LogP) is 4.87. The first-order chi connectivity index (χ1) is 8.35. The first kappa shape index (κ1) is 17.4. The second-order valence-corrected chi connectivity index (χ2v) is 15.1. The average molecular weight is 273 g/mol. The van der Waals surface area contributed by atoms with Crippen LogP contribution in [0.3, 0.4) is 0 Å². The molecule has 0 atom stereocenters. The second kappa shape index (κ2) is 14.5. The van der Waals surface area contributed by atoms with E-state index in [0.29, 0.717) is 9.04 Å². The molecule has 17 heavy (non-hydrogen) atoms. The minimum Gasteiger partial charge on any atom is -0.0654 e. The van der Waals surface area contributed by atoms with Crippen molar-refractivity contribution in [1.82, 2.24) is 0 Å². The van der Waals surface area contributed by atoms with Gasteiger partial charge in [-0.3, -0.25) is 0 Å². The van der Waals surface area contributed by atoms with E-state index in [1.807, 2.05) is 0 Å². The van der Waals surface area contributed by atoms with Gasteiger partial charge in [-0.1, -0.05) is 96.7 Å². The first-order valence-electron chi connectivity index (χ1n) is 8.35. The molecule has 0 aliphatic rings. The Morgan fingerprint density at radius 3 is 1.59 bits per heavy atom. The summed E-state index contributed by atoms with van der Waals surface area (Å²) in [4.78, 5) is 0. The lowest BCUT2D eigenvalue weighted by Crippen LogP contribution is -2.21. The van der Waals surface area contributed by atoms with Crippen LogP contribution in [0.1, 0.15) is 78.6 Å². The van der Waals surface area contributed by atoms with Crippen molar-refractivity contribution in [2.45, 2.75) is 96.7 Å². The lowest BCUT2D eigenvalue weighted by molar-refractivity contribution is 0.748. The zero-order valence-electron chi connectivity index (χ0n) is 12.8. The molecule has 0 heterocycles. The van der Waals surface area contributed by atoms with Gasteiger partial charge < -0.3 is 0 Å². The number of unbranched alkanes of at least 4 members (excludes halogenated alkanes) is 6. The summed E-state index contributed by atoms with van der Waals surface area (Å²) < 4.78 is 0. The lowest BCUT2D eigenvalue weighted by Gasteiger charge is -2.14. The highest BCUT2D eigenvalue weighted by Crippen LogP contribution is 2.13. The van der Waals surface area contributed by atoms with Gasteiger partial charge in [0.2, 0.25) is 0 Å². The van der Waals surface area contributed by atoms with Gasteiger partial charge in [-0.15, -0.1) is 0 Å². The van der Waals surface area contributed by atoms with Crippen molar-refractivity contribution in [3.8, 4) is 0 Å². The van der Waals surface area contributed by atoms with Crippen LogP contribution in [0.15, 0.2) is 0 Å². The van der Waals surface area contributed by atoms with Gasteiger partial charge >= 0.3 is 0 Å². The third-order valence-electron chi connectivity index (χ3n) is 3.90. The van der Waals surface area contributed by atoms with Crippen molar-refractivity contribution in [3.63, 3.8) is 0 Å². The van der Waals surface area contributed by atoms with Gasteiger partial charge in [0.25, 0.3) is 0 Å². The minimum absolute atomic E-state index is 0.201. The minimum atomic E-state index is -0.201. The Morgan fingerprint density at radius 2 is 1.12 bits per heavy atom. The Bertz CT molecular complexity index is 127. The lowest BCUT2D eigenvalue weighted by atomic mass is 10.3. The molecule has 0 saturated carbocycles. The molecule has 0 saturated heterocycles. The van der Waals surface area contributed by atoms with Gasteiger partial charge in [0, 0.05) is 17.4 Å². The zero-order valence-corrected chi connectivity index (χ0v) is 15.3. The summed E-state index contributed by atoms with van der Waals surface area (Å²) in [5.41, 5.74) is 0. The molecule has 0 radical (unpaired) electrons. The van der Waals surface area contributed by atoms with E-state index in [1.165, 1.54) is 38.5 Å². The van der Waals surface area contributed by atoms with Crippen molar-refractivity contribution in [3.05, 3.63) is 0 Å². The van der Waals surface area contributed by atoms with E-state index in [0.717, 1.165) is 0 Å². The Morgan fingerprint density at radius 1 is 0.647 bits per heavy atom. The van der Waals surface area contributed by atoms with E-state index in [4.69, 9.17) is 0 Å². The topological polar surface area (TPSA) is 0 Å². The molecule has 0 aliphatic heterocycles. The van der Waals surface area contributed by atoms with Crippen LogP contribution in [0.5, 0.6) is 0 Å². The average Bonchev–Trinajstić information content (AvgIpc) is 2.34. The fraction of sp³-hybridized carbons (Fsp3) is 1.00. The maximum absolute atomic E-state index is 2.34. The van der Waals surface area contributed by atoms with Gasteiger partial charge in [-0.05, 0) is 0 Å². The molecule has 0 N–H and O–H groups in total. The Labute approximate surface area is 114 Å². The molecule has 104 valence electrons. The summed E-state index contributed by atoms with van der Waals surface area (Å²) in [5, 5.41) is 0. The fourth-order valence-corrected chi connectivity index (χ4v) is 12.5. The molecule has 0 amide bonds. The summed E-state index contributed by atoms with van der Waals surface area (Å²) in [7, 11) is 0.187. The molecule has 0 rings (SSSR count). The molecule has 0 unspecified atom stereocenters. The summed E-state index contributed by atoms with van der Waals surface area (Å²) in [6, 6.07) is 5.09. The summed E-state index contributed by atoms with van der Waals surface area (Å²) >= 11 is 0. The van der Waals surface area contributed by atoms with Gasteiger partial charge in [-0.25, -0.2) is 0 Å². The van der Waals surface area contributed by atoms with E-state index in [9.17, 15) is 0 Å². The standard InChI is InChI=1S/C15H36Si2/c1-4-7-10-13-16-17(14-11-8-5-2)15-12-9-6-3/h17H,4-16H2,1-3H3. The number of hydrogen-bond donors (Lipinski definition) is 0. The molecule has 2 heteroatoms. The van der Waals surface area contributed by atoms with E-state index in [-0.39, 0.29) is 8.31 Å².